The lowest BCUT2D eigenvalue weighted by Gasteiger charge is -2.21. The zero-order chi connectivity index (χ0) is 18.7. The minimum absolute atomic E-state index is 0.0412. The third-order valence-electron chi connectivity index (χ3n) is 5.61. The molecule has 7 nitrogen and oxygen atoms in total. The normalized spacial score (nSPS) is 28.7. The number of nitro benzene ring substituents is 1. The van der Waals surface area contributed by atoms with E-state index in [2.05, 4.69) is 0 Å². The first-order valence-corrected chi connectivity index (χ1v) is 8.42. The Morgan fingerprint density at radius 3 is 2.15 bits per heavy atom. The molecule has 7 heteroatoms. The zero-order valence-corrected chi connectivity index (χ0v) is 14.6. The molecule has 4 atom stereocenters. The lowest BCUT2D eigenvalue weighted by Crippen LogP contribution is -2.33. The molecule has 1 aromatic carbocycles. The Labute approximate surface area is 150 Å². The Kier molecular flexibility index (Phi) is 3.50. The maximum atomic E-state index is 13.1. The number of imide groups is 1. The largest absolute Gasteiger partial charge is 0.494 e. The summed E-state index contributed by atoms with van der Waals surface area (Å²) in [6.07, 6.45) is 4.05. The van der Waals surface area contributed by atoms with E-state index in [0.29, 0.717) is 0 Å². The summed E-state index contributed by atoms with van der Waals surface area (Å²) in [5, 5.41) is 11.0. The van der Waals surface area contributed by atoms with Crippen LogP contribution in [0, 0.1) is 33.8 Å². The highest BCUT2D eigenvalue weighted by molar-refractivity contribution is 6.24. The number of allylic oxidation sites excluding steroid dienone is 4. The van der Waals surface area contributed by atoms with E-state index in [9.17, 15) is 19.7 Å². The minimum Gasteiger partial charge on any atom is -0.494 e. The summed E-state index contributed by atoms with van der Waals surface area (Å²) in [6, 6.07) is 3.92. The molecule has 2 aliphatic carbocycles. The number of hydrogen-bond acceptors (Lipinski definition) is 5. The van der Waals surface area contributed by atoms with Crippen LogP contribution in [0.4, 0.5) is 11.4 Å². The lowest BCUT2D eigenvalue weighted by atomic mass is 9.85. The summed E-state index contributed by atoms with van der Waals surface area (Å²) >= 11 is 0. The molecule has 1 heterocycles. The van der Waals surface area contributed by atoms with Crippen LogP contribution in [0.5, 0.6) is 5.75 Å². The molecule has 26 heavy (non-hydrogen) atoms. The van der Waals surface area contributed by atoms with Gasteiger partial charge in [0.1, 0.15) is 5.75 Å². The summed E-state index contributed by atoms with van der Waals surface area (Å²) in [7, 11) is 1.36. The van der Waals surface area contributed by atoms with Crippen LogP contribution in [0.1, 0.15) is 13.8 Å². The highest BCUT2D eigenvalue weighted by atomic mass is 16.6. The van der Waals surface area contributed by atoms with Crippen molar-refractivity contribution in [3.63, 3.8) is 0 Å². The number of anilines is 1. The van der Waals surface area contributed by atoms with Crippen LogP contribution in [-0.4, -0.2) is 23.8 Å². The van der Waals surface area contributed by atoms with E-state index in [-0.39, 0.29) is 40.8 Å². The van der Waals surface area contributed by atoms with Crippen molar-refractivity contribution in [3.05, 3.63) is 51.6 Å². The molecule has 3 aliphatic rings. The predicted molar refractivity (Wildman–Crippen MR) is 93.6 cm³/mol. The van der Waals surface area contributed by atoms with Gasteiger partial charge in [-0.2, -0.15) is 0 Å². The molecule has 0 N–H and O–H groups in total. The number of nitrogens with zero attached hydrogens (tertiary/aromatic N) is 2. The molecule has 1 saturated heterocycles. The van der Waals surface area contributed by atoms with Crippen molar-refractivity contribution in [2.75, 3.05) is 12.0 Å². The van der Waals surface area contributed by atoms with Crippen LogP contribution in [0.15, 0.2) is 41.5 Å². The second-order valence-electron chi connectivity index (χ2n) is 7.07. The van der Waals surface area contributed by atoms with Gasteiger partial charge < -0.3 is 4.74 Å². The van der Waals surface area contributed by atoms with Crippen LogP contribution < -0.4 is 9.64 Å². The lowest BCUT2D eigenvalue weighted by molar-refractivity contribution is -0.384. The number of carbonyl (C=O) groups excluding carboxylic acids is 2. The van der Waals surface area contributed by atoms with Crippen LogP contribution in [0.2, 0.25) is 0 Å². The number of hydrogen-bond donors (Lipinski definition) is 0. The number of benzene rings is 1. The first-order valence-electron chi connectivity index (χ1n) is 8.42. The van der Waals surface area contributed by atoms with Gasteiger partial charge in [0.15, 0.2) is 0 Å². The van der Waals surface area contributed by atoms with Gasteiger partial charge in [-0.15, -0.1) is 0 Å². The van der Waals surface area contributed by atoms with E-state index in [1.54, 1.807) is 0 Å². The van der Waals surface area contributed by atoms with Gasteiger partial charge in [0.05, 0.1) is 35.6 Å². The van der Waals surface area contributed by atoms with Crippen molar-refractivity contribution < 1.29 is 19.2 Å². The Hall–Kier alpha value is -2.96. The molecule has 0 radical (unpaired) electrons. The van der Waals surface area contributed by atoms with Gasteiger partial charge in [-0.25, -0.2) is 4.90 Å². The first kappa shape index (κ1) is 16.5. The van der Waals surface area contributed by atoms with Gasteiger partial charge in [0, 0.05) is 17.9 Å². The molecule has 2 fully saturated rings. The smallest absolute Gasteiger partial charge is 0.273 e. The highest BCUT2D eigenvalue weighted by Crippen LogP contribution is 2.57. The predicted octanol–water partition coefficient (Wildman–Crippen LogP) is 2.86. The molecule has 0 aromatic heterocycles. The number of nitro groups is 1. The van der Waals surface area contributed by atoms with Crippen molar-refractivity contribution >= 4 is 23.2 Å². The summed E-state index contributed by atoms with van der Waals surface area (Å²) < 4.78 is 5.22. The average Bonchev–Trinajstić information content (AvgIpc) is 3.24. The zero-order valence-electron chi connectivity index (χ0n) is 14.6. The number of ether oxygens (including phenoxy) is 1. The van der Waals surface area contributed by atoms with Crippen molar-refractivity contribution in [2.45, 2.75) is 13.8 Å². The third-order valence-corrected chi connectivity index (χ3v) is 5.61. The molecular formula is C19H18N2O5. The number of fused-ring (bicyclic) bond motifs is 5. The molecule has 1 saturated carbocycles. The molecular weight excluding hydrogens is 336 g/mol. The second kappa shape index (κ2) is 5.52. The fraction of sp³-hybridized carbons (Fsp3) is 0.368. The molecule has 0 spiro atoms. The molecule has 134 valence electrons. The second-order valence-corrected chi connectivity index (χ2v) is 7.07. The van der Waals surface area contributed by atoms with E-state index in [1.165, 1.54) is 30.9 Å². The SMILES string of the molecule is COc1cc([N+](=O)[O-])ccc1N1C(=O)[C@@H]2[C@H](C1=O)[C@H]1C=C[C@H]2C1=C(C)C. The first-order chi connectivity index (χ1) is 12.4. The van der Waals surface area contributed by atoms with Crippen molar-refractivity contribution in [3.8, 4) is 5.75 Å². The molecule has 4 rings (SSSR count). The van der Waals surface area contributed by atoms with Crippen molar-refractivity contribution in [2.24, 2.45) is 23.7 Å². The Morgan fingerprint density at radius 2 is 1.69 bits per heavy atom. The van der Waals surface area contributed by atoms with Gasteiger partial charge in [-0.3, -0.25) is 19.7 Å². The Bertz CT molecular complexity index is 879. The van der Waals surface area contributed by atoms with Gasteiger partial charge in [0.25, 0.3) is 5.69 Å². The number of non-ortho nitro benzene ring substituents is 1. The van der Waals surface area contributed by atoms with E-state index < -0.39 is 16.8 Å². The maximum Gasteiger partial charge on any atom is 0.273 e. The van der Waals surface area contributed by atoms with Crippen LogP contribution in [-0.2, 0) is 9.59 Å². The van der Waals surface area contributed by atoms with E-state index >= 15 is 0 Å². The van der Waals surface area contributed by atoms with E-state index in [1.807, 2.05) is 26.0 Å². The Balaban J connectivity index is 1.77. The van der Waals surface area contributed by atoms with Crippen molar-refractivity contribution in [1.82, 2.24) is 0 Å². The van der Waals surface area contributed by atoms with E-state index in [0.717, 1.165) is 10.5 Å². The molecule has 2 amide bonds. The summed E-state index contributed by atoms with van der Waals surface area (Å²) in [4.78, 5) is 37.8. The fourth-order valence-electron chi connectivity index (χ4n) is 4.63. The van der Waals surface area contributed by atoms with Crippen LogP contribution >= 0.6 is 0 Å². The average molecular weight is 354 g/mol. The quantitative estimate of drug-likeness (QED) is 0.360. The van der Waals surface area contributed by atoms with Gasteiger partial charge in [-0.1, -0.05) is 23.3 Å². The van der Waals surface area contributed by atoms with E-state index in [4.69, 9.17) is 4.74 Å². The minimum atomic E-state index is -0.542. The summed E-state index contributed by atoms with van der Waals surface area (Å²) in [5.41, 5.74) is 2.44. The number of carbonyl (C=O) groups is 2. The van der Waals surface area contributed by atoms with Gasteiger partial charge in [-0.05, 0) is 19.9 Å². The topological polar surface area (TPSA) is 89.8 Å². The summed E-state index contributed by atoms with van der Waals surface area (Å²) in [6.45, 7) is 4.02. The fourth-order valence-corrected chi connectivity index (χ4v) is 4.63. The Morgan fingerprint density at radius 1 is 1.12 bits per heavy atom. The standard InChI is InChI=1S/C19H18N2O5/c1-9(2)15-11-5-6-12(15)17-16(11)18(22)20(19(17)23)13-7-4-10(21(24)25)8-14(13)26-3/h4-8,11-12,16-17H,1-3H3/t11-,12-,16-,17+/m0/s1. The number of methoxy groups -OCH3 is 1. The van der Waals surface area contributed by atoms with Crippen LogP contribution in [0.3, 0.4) is 0 Å². The maximum absolute atomic E-state index is 13.1. The third kappa shape index (κ3) is 2.00. The summed E-state index contributed by atoms with van der Waals surface area (Å²) in [5.74, 6) is -1.26. The molecule has 1 aliphatic heterocycles. The molecule has 1 aromatic rings. The molecule has 0 unspecified atom stereocenters. The number of rotatable bonds is 3. The molecule has 2 bridgehead atoms. The van der Waals surface area contributed by atoms with Gasteiger partial charge in [0.2, 0.25) is 11.8 Å². The number of amides is 2. The van der Waals surface area contributed by atoms with Gasteiger partial charge >= 0.3 is 0 Å². The monoisotopic (exact) mass is 354 g/mol. The highest BCUT2D eigenvalue weighted by Gasteiger charge is 2.62. The van der Waals surface area contributed by atoms with Crippen LogP contribution in [0.25, 0.3) is 0 Å². The van der Waals surface area contributed by atoms with Crippen molar-refractivity contribution in [1.29, 1.82) is 0 Å².